The SMILES string of the molecule is COCCC(C)NCCNC(C)(C)C. The molecule has 0 aromatic heterocycles. The van der Waals surface area contributed by atoms with E-state index >= 15 is 0 Å². The molecule has 0 amide bonds. The second-order valence-electron chi connectivity index (χ2n) is 4.81. The average Bonchev–Trinajstić information content (AvgIpc) is 2.07. The Kier molecular flexibility index (Phi) is 7.15. The standard InChI is InChI=1S/C11H26N2O/c1-10(6-9-14-5)12-7-8-13-11(2,3)4/h10,12-13H,6-9H2,1-5H3. The van der Waals surface area contributed by atoms with Crippen molar-refractivity contribution in [2.45, 2.75) is 45.7 Å². The molecule has 3 heteroatoms. The zero-order chi connectivity index (χ0) is 11.0. The van der Waals surface area contributed by atoms with Crippen molar-refractivity contribution in [1.82, 2.24) is 10.6 Å². The van der Waals surface area contributed by atoms with Crippen LogP contribution in [0, 0.1) is 0 Å². The molecule has 0 fully saturated rings. The maximum atomic E-state index is 5.02. The highest BCUT2D eigenvalue weighted by atomic mass is 16.5. The molecule has 1 atom stereocenters. The first kappa shape index (κ1) is 13.9. The van der Waals surface area contributed by atoms with E-state index in [4.69, 9.17) is 4.74 Å². The van der Waals surface area contributed by atoms with Crippen molar-refractivity contribution >= 4 is 0 Å². The van der Waals surface area contributed by atoms with Gasteiger partial charge in [-0.2, -0.15) is 0 Å². The van der Waals surface area contributed by atoms with E-state index in [0.717, 1.165) is 26.1 Å². The summed E-state index contributed by atoms with van der Waals surface area (Å²) >= 11 is 0. The van der Waals surface area contributed by atoms with Gasteiger partial charge in [-0.15, -0.1) is 0 Å². The van der Waals surface area contributed by atoms with E-state index in [1.54, 1.807) is 7.11 Å². The van der Waals surface area contributed by atoms with Crippen molar-refractivity contribution in [1.29, 1.82) is 0 Å². The molecule has 2 N–H and O–H groups in total. The molecule has 0 saturated heterocycles. The van der Waals surface area contributed by atoms with E-state index in [-0.39, 0.29) is 5.54 Å². The van der Waals surface area contributed by atoms with Crippen LogP contribution >= 0.6 is 0 Å². The number of hydrogen-bond donors (Lipinski definition) is 2. The fourth-order valence-electron chi connectivity index (χ4n) is 1.15. The average molecular weight is 202 g/mol. The summed E-state index contributed by atoms with van der Waals surface area (Å²) in [4.78, 5) is 0. The molecule has 3 nitrogen and oxygen atoms in total. The van der Waals surface area contributed by atoms with Gasteiger partial charge < -0.3 is 15.4 Å². The molecule has 0 aliphatic heterocycles. The first-order valence-corrected chi connectivity index (χ1v) is 5.43. The molecule has 0 bridgehead atoms. The van der Waals surface area contributed by atoms with Gasteiger partial charge in [0.2, 0.25) is 0 Å². The van der Waals surface area contributed by atoms with E-state index in [2.05, 4.69) is 38.3 Å². The lowest BCUT2D eigenvalue weighted by atomic mass is 10.1. The molecule has 0 radical (unpaired) electrons. The third-order valence-corrected chi connectivity index (χ3v) is 2.03. The zero-order valence-electron chi connectivity index (χ0n) is 10.3. The Labute approximate surface area is 88.6 Å². The lowest BCUT2D eigenvalue weighted by molar-refractivity contribution is 0.185. The summed E-state index contributed by atoms with van der Waals surface area (Å²) in [6.07, 6.45) is 1.08. The molecular formula is C11H26N2O. The Hall–Kier alpha value is -0.120. The van der Waals surface area contributed by atoms with E-state index in [1.165, 1.54) is 0 Å². The fraction of sp³-hybridized carbons (Fsp3) is 1.00. The zero-order valence-corrected chi connectivity index (χ0v) is 10.3. The summed E-state index contributed by atoms with van der Waals surface area (Å²) in [5.74, 6) is 0. The summed E-state index contributed by atoms with van der Waals surface area (Å²) in [6, 6.07) is 0.539. The maximum absolute atomic E-state index is 5.02. The largest absolute Gasteiger partial charge is 0.385 e. The molecule has 0 aromatic carbocycles. The summed E-state index contributed by atoms with van der Waals surface area (Å²) in [7, 11) is 1.74. The van der Waals surface area contributed by atoms with Crippen LogP contribution in [0.5, 0.6) is 0 Å². The third kappa shape index (κ3) is 9.96. The van der Waals surface area contributed by atoms with Crippen molar-refractivity contribution in [3.8, 4) is 0 Å². The first-order valence-electron chi connectivity index (χ1n) is 5.43. The molecule has 0 heterocycles. The summed E-state index contributed by atoms with van der Waals surface area (Å²) < 4.78 is 5.02. The van der Waals surface area contributed by atoms with E-state index in [1.807, 2.05) is 0 Å². The van der Waals surface area contributed by atoms with Gasteiger partial charge in [-0.05, 0) is 34.1 Å². The van der Waals surface area contributed by atoms with Gasteiger partial charge >= 0.3 is 0 Å². The van der Waals surface area contributed by atoms with Crippen LogP contribution in [0.25, 0.3) is 0 Å². The number of methoxy groups -OCH3 is 1. The Morgan fingerprint density at radius 2 is 1.86 bits per heavy atom. The molecular weight excluding hydrogens is 176 g/mol. The van der Waals surface area contributed by atoms with Crippen LogP contribution in [0.15, 0.2) is 0 Å². The molecule has 14 heavy (non-hydrogen) atoms. The molecule has 0 spiro atoms. The van der Waals surface area contributed by atoms with Gasteiger partial charge in [0.15, 0.2) is 0 Å². The van der Waals surface area contributed by atoms with Crippen LogP contribution in [0.4, 0.5) is 0 Å². The summed E-state index contributed by atoms with van der Waals surface area (Å²) in [6.45, 7) is 11.6. The van der Waals surface area contributed by atoms with Gasteiger partial charge in [0.25, 0.3) is 0 Å². The lowest BCUT2D eigenvalue weighted by Gasteiger charge is -2.21. The molecule has 0 saturated carbocycles. The topological polar surface area (TPSA) is 33.3 Å². The highest BCUT2D eigenvalue weighted by Crippen LogP contribution is 1.96. The molecule has 0 aliphatic carbocycles. The van der Waals surface area contributed by atoms with Gasteiger partial charge in [-0.1, -0.05) is 0 Å². The van der Waals surface area contributed by atoms with Crippen LogP contribution in [0.1, 0.15) is 34.1 Å². The van der Waals surface area contributed by atoms with Gasteiger partial charge in [-0.25, -0.2) is 0 Å². The Bertz CT molecular complexity index is 132. The third-order valence-electron chi connectivity index (χ3n) is 2.03. The highest BCUT2D eigenvalue weighted by molar-refractivity contribution is 4.71. The molecule has 1 unspecified atom stereocenters. The van der Waals surface area contributed by atoms with Gasteiger partial charge in [0.1, 0.15) is 0 Å². The predicted octanol–water partition coefficient (Wildman–Crippen LogP) is 1.39. The summed E-state index contributed by atoms with van der Waals surface area (Å²) in [5.41, 5.74) is 0.220. The minimum atomic E-state index is 0.220. The van der Waals surface area contributed by atoms with Crippen LogP contribution < -0.4 is 10.6 Å². The quantitative estimate of drug-likeness (QED) is 0.612. The minimum Gasteiger partial charge on any atom is -0.385 e. The number of ether oxygens (including phenoxy) is 1. The van der Waals surface area contributed by atoms with Crippen molar-refractivity contribution in [3.05, 3.63) is 0 Å². The number of rotatable bonds is 7. The molecule has 0 aromatic rings. The Balaban J connectivity index is 3.27. The first-order chi connectivity index (χ1) is 6.45. The van der Waals surface area contributed by atoms with Crippen molar-refractivity contribution in [2.75, 3.05) is 26.8 Å². The Morgan fingerprint density at radius 1 is 1.21 bits per heavy atom. The number of nitrogens with one attached hydrogen (secondary N) is 2. The second-order valence-corrected chi connectivity index (χ2v) is 4.81. The van der Waals surface area contributed by atoms with Crippen molar-refractivity contribution in [2.24, 2.45) is 0 Å². The molecule has 0 rings (SSSR count). The fourth-order valence-corrected chi connectivity index (χ4v) is 1.15. The highest BCUT2D eigenvalue weighted by Gasteiger charge is 2.07. The van der Waals surface area contributed by atoms with Crippen LogP contribution in [-0.4, -0.2) is 38.4 Å². The van der Waals surface area contributed by atoms with Gasteiger partial charge in [0.05, 0.1) is 0 Å². The summed E-state index contributed by atoms with van der Waals surface area (Å²) in [5, 5.41) is 6.89. The van der Waals surface area contributed by atoms with E-state index in [9.17, 15) is 0 Å². The molecule has 0 aliphatic rings. The van der Waals surface area contributed by atoms with Gasteiger partial charge in [-0.3, -0.25) is 0 Å². The monoisotopic (exact) mass is 202 g/mol. The number of hydrogen-bond acceptors (Lipinski definition) is 3. The maximum Gasteiger partial charge on any atom is 0.0476 e. The minimum absolute atomic E-state index is 0.220. The van der Waals surface area contributed by atoms with Crippen LogP contribution in [-0.2, 0) is 4.74 Å². The van der Waals surface area contributed by atoms with E-state index in [0.29, 0.717) is 6.04 Å². The molecule has 86 valence electrons. The smallest absolute Gasteiger partial charge is 0.0476 e. The van der Waals surface area contributed by atoms with Crippen molar-refractivity contribution < 1.29 is 4.74 Å². The second kappa shape index (κ2) is 7.21. The normalized spacial score (nSPS) is 14.4. The van der Waals surface area contributed by atoms with Gasteiger partial charge in [0, 0.05) is 38.4 Å². The predicted molar refractivity (Wildman–Crippen MR) is 61.7 cm³/mol. The van der Waals surface area contributed by atoms with E-state index < -0.39 is 0 Å². The van der Waals surface area contributed by atoms with Crippen LogP contribution in [0.2, 0.25) is 0 Å². The Morgan fingerprint density at radius 3 is 2.36 bits per heavy atom. The van der Waals surface area contributed by atoms with Crippen LogP contribution in [0.3, 0.4) is 0 Å². The van der Waals surface area contributed by atoms with Crippen molar-refractivity contribution in [3.63, 3.8) is 0 Å². The lowest BCUT2D eigenvalue weighted by Crippen LogP contribution is -2.41.